The van der Waals surface area contributed by atoms with Crippen LogP contribution in [0, 0.1) is 0 Å². The molecule has 0 aromatic heterocycles. The minimum Gasteiger partial charge on any atom is -0.481 e. The van der Waals surface area contributed by atoms with E-state index in [0.29, 0.717) is 15.8 Å². The van der Waals surface area contributed by atoms with E-state index in [1.807, 2.05) is 48.5 Å². The lowest BCUT2D eigenvalue weighted by Crippen LogP contribution is -2.27. The van der Waals surface area contributed by atoms with Crippen LogP contribution in [0.5, 0.6) is 0 Å². The molecule has 37 heavy (non-hydrogen) atoms. The molecule has 0 bridgehead atoms. The molecule has 4 nitrogen and oxygen atoms in total. The number of carbonyl (C=O) groups excluding carboxylic acids is 1. The molecule has 0 spiro atoms. The molecule has 1 aliphatic heterocycles. The van der Waals surface area contributed by atoms with Crippen molar-refractivity contribution in [2.24, 2.45) is 0 Å². The van der Waals surface area contributed by atoms with Crippen molar-refractivity contribution < 1.29 is 14.7 Å². The van der Waals surface area contributed by atoms with Gasteiger partial charge in [0.1, 0.15) is 4.32 Å². The normalized spacial score (nSPS) is 14.4. The number of aliphatic carboxylic acids is 1. The van der Waals surface area contributed by atoms with Crippen LogP contribution in [0.3, 0.4) is 0 Å². The summed E-state index contributed by atoms with van der Waals surface area (Å²) < 4.78 is 0.513. The van der Waals surface area contributed by atoms with Crippen LogP contribution >= 0.6 is 24.0 Å². The van der Waals surface area contributed by atoms with Crippen molar-refractivity contribution in [1.29, 1.82) is 0 Å². The third-order valence-corrected chi connectivity index (χ3v) is 7.48. The Morgan fingerprint density at radius 2 is 1.38 bits per heavy atom. The molecular weight excluding hydrogens is 498 g/mol. The molecular formula is C31H23NO3S2. The van der Waals surface area contributed by atoms with Crippen LogP contribution in [0.15, 0.2) is 108 Å². The minimum absolute atomic E-state index is 0.0275. The Balaban J connectivity index is 1.31. The number of hydrogen-bond donors (Lipinski definition) is 1. The fourth-order valence-electron chi connectivity index (χ4n) is 4.20. The van der Waals surface area contributed by atoms with Gasteiger partial charge in [0.25, 0.3) is 5.91 Å². The SMILES string of the molecule is O=C(O)Cc1ccc(CN2C(=O)/C(=C/c3cccc(-c4ccc(-c5ccccc5)cc4)c3)SC2=S)cc1. The van der Waals surface area contributed by atoms with Crippen molar-refractivity contribution in [3.8, 4) is 22.3 Å². The maximum atomic E-state index is 13.1. The smallest absolute Gasteiger partial charge is 0.307 e. The minimum atomic E-state index is -0.872. The number of thiocarbonyl (C=S) groups is 1. The number of carbonyl (C=O) groups is 2. The van der Waals surface area contributed by atoms with Crippen LogP contribution in [-0.2, 0) is 22.6 Å². The summed E-state index contributed by atoms with van der Waals surface area (Å²) in [5.41, 5.74) is 7.08. The molecule has 1 saturated heterocycles. The van der Waals surface area contributed by atoms with Gasteiger partial charge in [-0.3, -0.25) is 14.5 Å². The van der Waals surface area contributed by atoms with E-state index in [1.165, 1.54) is 22.9 Å². The average Bonchev–Trinajstić information content (AvgIpc) is 3.17. The molecule has 0 saturated carbocycles. The molecule has 0 atom stereocenters. The van der Waals surface area contributed by atoms with Gasteiger partial charge in [-0.1, -0.05) is 121 Å². The predicted octanol–water partition coefficient (Wildman–Crippen LogP) is 7.05. The zero-order valence-corrected chi connectivity index (χ0v) is 21.5. The molecule has 1 heterocycles. The number of carboxylic acid groups (broad SMARTS) is 1. The molecule has 6 heteroatoms. The van der Waals surface area contributed by atoms with Gasteiger partial charge in [0.15, 0.2) is 0 Å². The summed E-state index contributed by atoms with van der Waals surface area (Å²) in [6, 6.07) is 34.1. The van der Waals surface area contributed by atoms with Crippen molar-refractivity contribution in [1.82, 2.24) is 4.90 Å². The lowest BCUT2D eigenvalue weighted by molar-refractivity contribution is -0.136. The molecule has 1 N–H and O–H groups in total. The van der Waals surface area contributed by atoms with Crippen molar-refractivity contribution in [2.45, 2.75) is 13.0 Å². The summed E-state index contributed by atoms with van der Waals surface area (Å²) in [5.74, 6) is -0.995. The maximum Gasteiger partial charge on any atom is 0.307 e. The van der Waals surface area contributed by atoms with Crippen molar-refractivity contribution in [2.75, 3.05) is 0 Å². The Hall–Kier alpha value is -4.00. The molecule has 182 valence electrons. The lowest BCUT2D eigenvalue weighted by Gasteiger charge is -2.14. The van der Waals surface area contributed by atoms with E-state index in [0.717, 1.165) is 27.8 Å². The van der Waals surface area contributed by atoms with E-state index in [-0.39, 0.29) is 12.3 Å². The Morgan fingerprint density at radius 1 is 0.784 bits per heavy atom. The summed E-state index contributed by atoms with van der Waals surface area (Å²) in [7, 11) is 0. The van der Waals surface area contributed by atoms with Crippen molar-refractivity contribution >= 4 is 46.3 Å². The molecule has 1 fully saturated rings. The van der Waals surface area contributed by atoms with E-state index in [2.05, 4.69) is 48.5 Å². The molecule has 5 rings (SSSR count). The first kappa shape index (κ1) is 24.7. The topological polar surface area (TPSA) is 57.6 Å². The number of rotatable bonds is 7. The average molecular weight is 522 g/mol. The van der Waals surface area contributed by atoms with E-state index in [4.69, 9.17) is 17.3 Å². The zero-order chi connectivity index (χ0) is 25.8. The van der Waals surface area contributed by atoms with Crippen LogP contribution in [0.2, 0.25) is 0 Å². The number of hydrogen-bond acceptors (Lipinski definition) is 4. The quantitative estimate of drug-likeness (QED) is 0.209. The van der Waals surface area contributed by atoms with E-state index in [1.54, 1.807) is 17.0 Å². The number of carboxylic acids is 1. The maximum absolute atomic E-state index is 13.1. The monoisotopic (exact) mass is 521 g/mol. The summed E-state index contributed by atoms with van der Waals surface area (Å²) in [4.78, 5) is 26.2. The van der Waals surface area contributed by atoms with Crippen LogP contribution in [-0.4, -0.2) is 26.2 Å². The molecule has 1 aliphatic rings. The third kappa shape index (κ3) is 5.88. The Morgan fingerprint density at radius 3 is 2.05 bits per heavy atom. The van der Waals surface area contributed by atoms with Gasteiger partial charge in [-0.2, -0.15) is 0 Å². The summed E-state index contributed by atoms with van der Waals surface area (Å²) in [6.07, 6.45) is 1.86. The van der Waals surface area contributed by atoms with Crippen molar-refractivity contribution in [3.05, 3.63) is 125 Å². The highest BCUT2D eigenvalue weighted by Crippen LogP contribution is 2.34. The second-order valence-corrected chi connectivity index (χ2v) is 10.4. The van der Waals surface area contributed by atoms with Gasteiger partial charge in [-0.25, -0.2) is 0 Å². The highest BCUT2D eigenvalue weighted by Gasteiger charge is 2.32. The fourth-order valence-corrected chi connectivity index (χ4v) is 5.46. The fraction of sp³-hybridized carbons (Fsp3) is 0.0645. The van der Waals surface area contributed by atoms with Gasteiger partial charge in [-0.15, -0.1) is 0 Å². The van der Waals surface area contributed by atoms with Crippen LogP contribution in [0.1, 0.15) is 16.7 Å². The summed E-state index contributed by atoms with van der Waals surface area (Å²) in [6.45, 7) is 0.350. The first-order valence-electron chi connectivity index (χ1n) is 11.8. The highest BCUT2D eigenvalue weighted by atomic mass is 32.2. The van der Waals surface area contributed by atoms with Gasteiger partial charge in [0, 0.05) is 0 Å². The van der Waals surface area contributed by atoms with E-state index < -0.39 is 5.97 Å². The largest absolute Gasteiger partial charge is 0.481 e. The van der Waals surface area contributed by atoms with E-state index in [9.17, 15) is 9.59 Å². The molecule has 4 aromatic rings. The Bertz CT molecular complexity index is 1490. The van der Waals surface area contributed by atoms with E-state index >= 15 is 0 Å². The summed E-state index contributed by atoms with van der Waals surface area (Å²) >= 11 is 6.80. The second-order valence-electron chi connectivity index (χ2n) is 8.72. The van der Waals surface area contributed by atoms with Crippen molar-refractivity contribution in [3.63, 3.8) is 0 Å². The van der Waals surface area contributed by atoms with Gasteiger partial charge in [-0.05, 0) is 51.1 Å². The Labute approximate surface area is 225 Å². The number of nitrogens with zero attached hydrogens (tertiary/aromatic N) is 1. The molecule has 1 amide bonds. The highest BCUT2D eigenvalue weighted by molar-refractivity contribution is 8.26. The van der Waals surface area contributed by atoms with Gasteiger partial charge in [0.2, 0.25) is 0 Å². The third-order valence-electron chi connectivity index (χ3n) is 6.10. The lowest BCUT2D eigenvalue weighted by atomic mass is 9.99. The predicted molar refractivity (Wildman–Crippen MR) is 154 cm³/mol. The standard InChI is InChI=1S/C31H23NO3S2/c33-29(34)19-21-9-11-22(12-10-21)20-32-30(35)28(37-31(32)36)18-23-5-4-8-27(17-23)26-15-13-25(14-16-26)24-6-2-1-3-7-24/h1-18H,19-20H2,(H,33,34)/b28-18-. The number of amides is 1. The number of thioether (sulfide) groups is 1. The molecule has 0 radical (unpaired) electrons. The van der Waals surface area contributed by atoms with Gasteiger partial charge in [0.05, 0.1) is 17.9 Å². The molecule has 0 aliphatic carbocycles. The second kappa shape index (κ2) is 10.9. The van der Waals surface area contributed by atoms with Gasteiger partial charge >= 0.3 is 5.97 Å². The molecule has 4 aromatic carbocycles. The first-order chi connectivity index (χ1) is 18.0. The Kier molecular flexibility index (Phi) is 7.30. The van der Waals surface area contributed by atoms with Crippen LogP contribution in [0.25, 0.3) is 28.3 Å². The first-order valence-corrected chi connectivity index (χ1v) is 13.0. The molecule has 0 unspecified atom stereocenters. The van der Waals surface area contributed by atoms with Gasteiger partial charge < -0.3 is 5.11 Å². The van der Waals surface area contributed by atoms with Crippen LogP contribution in [0.4, 0.5) is 0 Å². The summed E-state index contributed by atoms with van der Waals surface area (Å²) in [5, 5.41) is 8.94. The number of benzene rings is 4. The zero-order valence-electron chi connectivity index (χ0n) is 19.8. The van der Waals surface area contributed by atoms with Crippen LogP contribution < -0.4 is 0 Å².